The van der Waals surface area contributed by atoms with Crippen molar-refractivity contribution in [3.8, 4) is 0 Å². The maximum Gasteiger partial charge on any atom is 0.259 e. The zero-order valence-electron chi connectivity index (χ0n) is 20.9. The number of imide groups is 1. The van der Waals surface area contributed by atoms with Crippen LogP contribution in [0.4, 0.5) is 5.69 Å². The average Bonchev–Trinajstić information content (AvgIpc) is 3.37. The topological polar surface area (TPSA) is 86.8 Å². The molecular formula is C32H25N3O4. The van der Waals surface area contributed by atoms with E-state index in [4.69, 9.17) is 0 Å². The van der Waals surface area contributed by atoms with Crippen molar-refractivity contribution < 1.29 is 19.2 Å². The molecule has 1 N–H and O–H groups in total. The lowest BCUT2D eigenvalue weighted by molar-refractivity contribution is -0.146. The Morgan fingerprint density at radius 3 is 2.05 bits per heavy atom. The lowest BCUT2D eigenvalue weighted by Crippen LogP contribution is -2.52. The van der Waals surface area contributed by atoms with Gasteiger partial charge in [0.2, 0.25) is 6.41 Å². The number of para-hydroxylation sites is 1. The molecule has 7 heteroatoms. The maximum absolute atomic E-state index is 14.7. The Labute approximate surface area is 225 Å². The molecule has 1 spiro atoms. The fraction of sp³-hybridized carbons (Fsp3) is 0.125. The molecule has 3 atom stereocenters. The molecule has 1 saturated heterocycles. The van der Waals surface area contributed by atoms with Crippen LogP contribution < -0.4 is 10.2 Å². The summed E-state index contributed by atoms with van der Waals surface area (Å²) in [6.07, 6.45) is 0.424. The van der Waals surface area contributed by atoms with E-state index in [1.807, 2.05) is 72.8 Å². The summed E-state index contributed by atoms with van der Waals surface area (Å²) in [5.74, 6) is -2.35. The number of hydrogen-bond acceptors (Lipinski definition) is 4. The number of hydrogen-bond donors (Lipinski definition) is 1. The quantitative estimate of drug-likeness (QED) is 0.393. The molecule has 0 saturated carbocycles. The highest BCUT2D eigenvalue weighted by Gasteiger charge is 2.69. The standard InChI is InChI=1S/C32H25N3O4/c36-21-35-30(38)28(33-29(37)24-16-8-3-9-17-24)27(23-14-6-2-7-15-23)32(35)25-18-10-11-19-26(25)34(31(32)39)20-22-12-4-1-5-13-22/h1-19,21,27-28H,20H2,(H,33,37). The first kappa shape index (κ1) is 24.3. The van der Waals surface area contributed by atoms with Crippen molar-refractivity contribution in [2.75, 3.05) is 4.90 Å². The highest BCUT2D eigenvalue weighted by atomic mass is 16.2. The van der Waals surface area contributed by atoms with Crippen LogP contribution in [0.3, 0.4) is 0 Å². The highest BCUT2D eigenvalue weighted by molar-refractivity contribution is 6.15. The first-order chi connectivity index (χ1) is 19.1. The van der Waals surface area contributed by atoms with Gasteiger partial charge in [0.05, 0.1) is 18.2 Å². The van der Waals surface area contributed by atoms with Crippen molar-refractivity contribution in [3.05, 3.63) is 138 Å². The maximum atomic E-state index is 14.7. The van der Waals surface area contributed by atoms with Gasteiger partial charge in [0.25, 0.3) is 17.7 Å². The van der Waals surface area contributed by atoms with Crippen LogP contribution in [0.1, 0.15) is 33.0 Å². The lowest BCUT2D eigenvalue weighted by atomic mass is 9.74. The molecule has 7 nitrogen and oxygen atoms in total. The first-order valence-electron chi connectivity index (χ1n) is 12.7. The number of rotatable bonds is 6. The zero-order valence-corrected chi connectivity index (χ0v) is 20.9. The Hall–Kier alpha value is -5.04. The van der Waals surface area contributed by atoms with Crippen LogP contribution in [-0.4, -0.2) is 35.1 Å². The molecule has 2 aliphatic rings. The van der Waals surface area contributed by atoms with Crippen molar-refractivity contribution in [2.45, 2.75) is 24.0 Å². The highest BCUT2D eigenvalue weighted by Crippen LogP contribution is 2.56. The minimum atomic E-state index is -1.67. The fourth-order valence-electron chi connectivity index (χ4n) is 5.96. The molecule has 4 aromatic rings. The number of benzene rings is 4. The van der Waals surface area contributed by atoms with E-state index in [0.29, 0.717) is 28.8 Å². The van der Waals surface area contributed by atoms with Gasteiger partial charge in [-0.25, -0.2) is 0 Å². The van der Waals surface area contributed by atoms with Crippen LogP contribution >= 0.6 is 0 Å². The van der Waals surface area contributed by atoms with Gasteiger partial charge in [-0.2, -0.15) is 0 Å². The minimum absolute atomic E-state index is 0.266. The Bertz CT molecular complexity index is 1560. The van der Waals surface area contributed by atoms with Crippen LogP contribution in [-0.2, 0) is 26.5 Å². The normalized spacial score (nSPS) is 21.7. The third-order valence-corrected chi connectivity index (χ3v) is 7.61. The molecule has 1 fully saturated rings. The predicted molar refractivity (Wildman–Crippen MR) is 146 cm³/mol. The third-order valence-electron chi connectivity index (χ3n) is 7.61. The number of carbonyl (C=O) groups excluding carboxylic acids is 4. The number of amides is 4. The molecule has 192 valence electrons. The molecule has 39 heavy (non-hydrogen) atoms. The van der Waals surface area contributed by atoms with Crippen molar-refractivity contribution in [1.29, 1.82) is 0 Å². The SMILES string of the molecule is O=CN1C(=O)C(NC(=O)c2ccccc2)C(c2ccccc2)C12C(=O)N(Cc1ccccc1)c1ccccc12. The summed E-state index contributed by atoms with van der Waals surface area (Å²) >= 11 is 0. The third kappa shape index (κ3) is 3.74. The van der Waals surface area contributed by atoms with Crippen LogP contribution in [0.2, 0.25) is 0 Å². The van der Waals surface area contributed by atoms with Crippen LogP contribution in [0, 0.1) is 0 Å². The van der Waals surface area contributed by atoms with Gasteiger partial charge in [-0.05, 0) is 29.3 Å². The van der Waals surface area contributed by atoms with E-state index in [0.717, 1.165) is 10.5 Å². The van der Waals surface area contributed by atoms with Gasteiger partial charge in [-0.15, -0.1) is 0 Å². The second-order valence-corrected chi connectivity index (χ2v) is 9.68. The summed E-state index contributed by atoms with van der Waals surface area (Å²) in [5.41, 5.74) is 1.46. The fourth-order valence-corrected chi connectivity index (χ4v) is 5.96. The molecule has 2 aliphatic heterocycles. The molecule has 0 aliphatic carbocycles. The first-order valence-corrected chi connectivity index (χ1v) is 12.7. The molecule has 0 aromatic heterocycles. The number of nitrogens with zero attached hydrogens (tertiary/aromatic N) is 2. The van der Waals surface area contributed by atoms with E-state index in [1.165, 1.54) is 0 Å². The average molecular weight is 516 g/mol. The number of anilines is 1. The van der Waals surface area contributed by atoms with Gasteiger partial charge in [-0.1, -0.05) is 97.1 Å². The predicted octanol–water partition coefficient (Wildman–Crippen LogP) is 4.01. The van der Waals surface area contributed by atoms with Crippen LogP contribution in [0.5, 0.6) is 0 Å². The monoisotopic (exact) mass is 515 g/mol. The van der Waals surface area contributed by atoms with E-state index in [1.54, 1.807) is 47.4 Å². The van der Waals surface area contributed by atoms with Gasteiger partial charge in [0.1, 0.15) is 6.04 Å². The number of likely N-dealkylation sites (tertiary alicyclic amines) is 1. The van der Waals surface area contributed by atoms with E-state index < -0.39 is 35.2 Å². The Kier molecular flexibility index (Phi) is 6.04. The smallest absolute Gasteiger partial charge is 0.259 e. The second kappa shape index (κ2) is 9.68. The van der Waals surface area contributed by atoms with Crippen molar-refractivity contribution in [1.82, 2.24) is 10.2 Å². The molecule has 2 heterocycles. The molecule has 0 radical (unpaired) electrons. The van der Waals surface area contributed by atoms with Gasteiger partial charge >= 0.3 is 0 Å². The van der Waals surface area contributed by atoms with E-state index in [9.17, 15) is 19.2 Å². The summed E-state index contributed by atoms with van der Waals surface area (Å²) in [6.45, 7) is 0.266. The minimum Gasteiger partial charge on any atom is -0.339 e. The molecular weight excluding hydrogens is 490 g/mol. The summed E-state index contributed by atoms with van der Waals surface area (Å²) in [6, 6.07) is 33.3. The second-order valence-electron chi connectivity index (χ2n) is 9.68. The number of nitrogens with one attached hydrogen (secondary N) is 1. The Morgan fingerprint density at radius 1 is 0.795 bits per heavy atom. The van der Waals surface area contributed by atoms with E-state index >= 15 is 0 Å². The van der Waals surface area contributed by atoms with Gasteiger partial charge < -0.3 is 10.2 Å². The summed E-state index contributed by atoms with van der Waals surface area (Å²) in [4.78, 5) is 57.2. The summed E-state index contributed by atoms with van der Waals surface area (Å²) in [5, 5.41) is 2.87. The Morgan fingerprint density at radius 2 is 1.38 bits per heavy atom. The van der Waals surface area contributed by atoms with Crippen LogP contribution in [0.25, 0.3) is 0 Å². The largest absolute Gasteiger partial charge is 0.339 e. The Balaban J connectivity index is 1.53. The summed E-state index contributed by atoms with van der Waals surface area (Å²) < 4.78 is 0. The van der Waals surface area contributed by atoms with E-state index in [-0.39, 0.29) is 6.54 Å². The number of fused-ring (bicyclic) bond motifs is 2. The van der Waals surface area contributed by atoms with Crippen molar-refractivity contribution in [2.24, 2.45) is 0 Å². The zero-order chi connectivity index (χ0) is 27.0. The molecule has 3 unspecified atom stereocenters. The lowest BCUT2D eigenvalue weighted by Gasteiger charge is -2.35. The van der Waals surface area contributed by atoms with Gasteiger partial charge in [0, 0.05) is 11.1 Å². The molecule has 4 aromatic carbocycles. The number of carbonyl (C=O) groups is 4. The van der Waals surface area contributed by atoms with E-state index in [2.05, 4.69) is 5.32 Å². The molecule has 4 amide bonds. The molecule has 0 bridgehead atoms. The van der Waals surface area contributed by atoms with Crippen molar-refractivity contribution in [3.63, 3.8) is 0 Å². The van der Waals surface area contributed by atoms with Gasteiger partial charge in [-0.3, -0.25) is 24.1 Å². The summed E-state index contributed by atoms with van der Waals surface area (Å²) in [7, 11) is 0. The van der Waals surface area contributed by atoms with Gasteiger partial charge in [0.15, 0.2) is 5.54 Å². The van der Waals surface area contributed by atoms with Crippen molar-refractivity contribution >= 4 is 29.8 Å². The van der Waals surface area contributed by atoms with Crippen LogP contribution in [0.15, 0.2) is 115 Å². The molecule has 6 rings (SSSR count).